The summed E-state index contributed by atoms with van der Waals surface area (Å²) in [5, 5.41) is 10.6. The molecule has 0 rings (SSSR count). The van der Waals surface area contributed by atoms with E-state index in [9.17, 15) is 5.11 Å². The largest absolute Gasteiger partial charge is 0.499 e. The Morgan fingerprint density at radius 2 is 1.53 bits per heavy atom. The highest BCUT2D eigenvalue weighted by Crippen LogP contribution is 2.22. The van der Waals surface area contributed by atoms with Crippen molar-refractivity contribution in [3.63, 3.8) is 0 Å². The lowest BCUT2D eigenvalue weighted by molar-refractivity contribution is 0.108. The zero-order valence-electron chi connectivity index (χ0n) is 23.7. The van der Waals surface area contributed by atoms with Crippen LogP contribution in [0.1, 0.15) is 131 Å². The van der Waals surface area contributed by atoms with Crippen LogP contribution in [0, 0.1) is 11.3 Å². The first kappa shape index (κ1) is 33.1. The number of nitrogens with zero attached hydrogens (tertiary/aromatic N) is 1. The summed E-state index contributed by atoms with van der Waals surface area (Å²) in [5.74, 6) is 1.42. The second-order valence-corrected chi connectivity index (χ2v) is 11.2. The van der Waals surface area contributed by atoms with Gasteiger partial charge in [0.05, 0.1) is 24.5 Å². The first-order chi connectivity index (χ1) is 16.2. The summed E-state index contributed by atoms with van der Waals surface area (Å²) in [7, 11) is 1.70. The minimum Gasteiger partial charge on any atom is -0.499 e. The van der Waals surface area contributed by atoms with E-state index in [-0.39, 0.29) is 11.5 Å². The Kier molecular flexibility index (Phi) is 20.9. The van der Waals surface area contributed by atoms with Crippen molar-refractivity contribution < 1.29 is 14.6 Å². The van der Waals surface area contributed by atoms with Gasteiger partial charge in [0.15, 0.2) is 0 Å². The highest BCUT2D eigenvalue weighted by atomic mass is 16.5. The number of methoxy groups -OCH3 is 1. The molecule has 0 saturated heterocycles. The first-order valence-electron chi connectivity index (χ1n) is 14.2. The second-order valence-electron chi connectivity index (χ2n) is 11.2. The molecule has 0 aliphatic heterocycles. The molecule has 0 amide bonds. The van der Waals surface area contributed by atoms with Gasteiger partial charge in [-0.2, -0.15) is 0 Å². The number of ether oxygens (including phenoxy) is 2. The molecule has 202 valence electrons. The van der Waals surface area contributed by atoms with Crippen molar-refractivity contribution in [2.24, 2.45) is 16.3 Å². The lowest BCUT2D eigenvalue weighted by Gasteiger charge is -2.24. The van der Waals surface area contributed by atoms with E-state index in [2.05, 4.69) is 41.2 Å². The van der Waals surface area contributed by atoms with Gasteiger partial charge in [-0.05, 0) is 38.0 Å². The molecular formula is C30H59NO3. The minimum atomic E-state index is -0.415. The number of rotatable bonds is 24. The maximum atomic E-state index is 10.6. The molecule has 2 atom stereocenters. The molecule has 0 radical (unpaired) electrons. The molecular weight excluding hydrogens is 422 g/mol. The van der Waals surface area contributed by atoms with E-state index in [0.29, 0.717) is 19.1 Å². The smallest absolute Gasteiger partial charge is 0.0888 e. The summed E-state index contributed by atoms with van der Waals surface area (Å²) < 4.78 is 11.0. The van der Waals surface area contributed by atoms with Crippen molar-refractivity contribution in [3.05, 3.63) is 12.3 Å². The summed E-state index contributed by atoms with van der Waals surface area (Å²) in [6.07, 6.45) is 19.4. The summed E-state index contributed by atoms with van der Waals surface area (Å²) in [5.41, 5.74) is -0.0705. The van der Waals surface area contributed by atoms with Crippen LogP contribution in [0.25, 0.3) is 0 Å². The second kappa shape index (κ2) is 21.4. The lowest BCUT2D eigenvalue weighted by Crippen LogP contribution is -2.28. The average Bonchev–Trinajstić information content (AvgIpc) is 2.77. The monoisotopic (exact) mass is 481 g/mol. The molecule has 4 heteroatoms. The van der Waals surface area contributed by atoms with Gasteiger partial charge in [0.25, 0.3) is 0 Å². The van der Waals surface area contributed by atoms with Crippen LogP contribution < -0.4 is 0 Å². The number of aliphatic imine (C=N–C) groups is 1. The molecule has 2 unspecified atom stereocenters. The van der Waals surface area contributed by atoms with Crippen molar-refractivity contribution in [2.75, 3.05) is 20.3 Å². The first-order valence-corrected chi connectivity index (χ1v) is 14.2. The van der Waals surface area contributed by atoms with Gasteiger partial charge in [-0.15, -0.1) is 0 Å². The molecule has 0 heterocycles. The molecule has 0 aromatic heterocycles. The maximum Gasteiger partial charge on any atom is 0.0888 e. The van der Waals surface area contributed by atoms with Crippen LogP contribution in [0.15, 0.2) is 17.3 Å². The maximum absolute atomic E-state index is 10.6. The molecule has 0 aromatic carbocycles. The number of hydrogen-bond acceptors (Lipinski definition) is 4. The minimum absolute atomic E-state index is 0.0524. The van der Waals surface area contributed by atoms with E-state index >= 15 is 0 Å². The van der Waals surface area contributed by atoms with E-state index in [1.54, 1.807) is 7.11 Å². The number of aliphatic hydroxyl groups excluding tert-OH is 1. The van der Waals surface area contributed by atoms with Crippen LogP contribution in [0.5, 0.6) is 0 Å². The van der Waals surface area contributed by atoms with Gasteiger partial charge in [-0.1, -0.05) is 99.0 Å². The fourth-order valence-electron chi connectivity index (χ4n) is 4.13. The third kappa shape index (κ3) is 20.5. The summed E-state index contributed by atoms with van der Waals surface area (Å²) in [6.45, 7) is 16.5. The number of allylic oxidation sites excluding steroid dienone is 1. The van der Waals surface area contributed by atoms with Gasteiger partial charge in [0, 0.05) is 31.8 Å². The Morgan fingerprint density at radius 1 is 0.941 bits per heavy atom. The Balaban J connectivity index is 4.11. The van der Waals surface area contributed by atoms with E-state index in [0.717, 1.165) is 37.9 Å². The van der Waals surface area contributed by atoms with E-state index in [4.69, 9.17) is 14.5 Å². The SMILES string of the molecule is C=C(CCCCCCCCCCCC)OCCC(C)(C)/C=N/C(CC(C)C)C(O)CCCOC. The molecule has 0 fully saturated rings. The van der Waals surface area contributed by atoms with Gasteiger partial charge in [0.1, 0.15) is 0 Å². The molecule has 0 aromatic rings. The van der Waals surface area contributed by atoms with Crippen LogP contribution >= 0.6 is 0 Å². The van der Waals surface area contributed by atoms with Crippen LogP contribution in [0.3, 0.4) is 0 Å². The Hall–Kier alpha value is -0.870. The molecule has 0 bridgehead atoms. The lowest BCUT2D eigenvalue weighted by atomic mass is 9.90. The van der Waals surface area contributed by atoms with Crippen LogP contribution in [0.2, 0.25) is 0 Å². The Labute approximate surface area is 213 Å². The summed E-state index contributed by atoms with van der Waals surface area (Å²) in [6, 6.07) is -0.0524. The zero-order valence-corrected chi connectivity index (χ0v) is 23.7. The molecule has 4 nitrogen and oxygen atoms in total. The van der Waals surface area contributed by atoms with Gasteiger partial charge in [-0.25, -0.2) is 0 Å². The number of unbranched alkanes of at least 4 members (excludes halogenated alkanes) is 9. The Morgan fingerprint density at radius 3 is 2.09 bits per heavy atom. The topological polar surface area (TPSA) is 51.0 Å². The molecule has 34 heavy (non-hydrogen) atoms. The normalized spacial score (nSPS) is 14.1. The summed E-state index contributed by atoms with van der Waals surface area (Å²) >= 11 is 0. The molecule has 0 spiro atoms. The predicted octanol–water partition coefficient (Wildman–Crippen LogP) is 8.52. The van der Waals surface area contributed by atoms with Gasteiger partial charge >= 0.3 is 0 Å². The average molecular weight is 482 g/mol. The highest BCUT2D eigenvalue weighted by molar-refractivity contribution is 5.64. The highest BCUT2D eigenvalue weighted by Gasteiger charge is 2.21. The third-order valence-corrected chi connectivity index (χ3v) is 6.48. The van der Waals surface area contributed by atoms with Gasteiger partial charge in [-0.3, -0.25) is 4.99 Å². The fraction of sp³-hybridized carbons (Fsp3) is 0.900. The molecule has 0 aliphatic carbocycles. The van der Waals surface area contributed by atoms with Crippen molar-refractivity contribution in [2.45, 2.75) is 143 Å². The van der Waals surface area contributed by atoms with Crippen molar-refractivity contribution in [3.8, 4) is 0 Å². The van der Waals surface area contributed by atoms with Crippen LogP contribution in [-0.2, 0) is 9.47 Å². The van der Waals surface area contributed by atoms with Gasteiger partial charge < -0.3 is 14.6 Å². The van der Waals surface area contributed by atoms with E-state index < -0.39 is 6.10 Å². The van der Waals surface area contributed by atoms with E-state index in [1.165, 1.54) is 64.2 Å². The third-order valence-electron chi connectivity index (χ3n) is 6.48. The molecule has 0 saturated carbocycles. The standard InChI is InChI=1S/C30H59NO3/c1-8-9-10-11-12-13-14-15-16-17-19-27(4)34-23-21-30(5,6)25-31-28(24-26(2)3)29(32)20-18-22-33-7/h25-26,28-29,32H,4,8-24H2,1-3,5-7H3/b31-25+. The van der Waals surface area contributed by atoms with Crippen LogP contribution in [-0.4, -0.2) is 43.8 Å². The van der Waals surface area contributed by atoms with Crippen molar-refractivity contribution in [1.29, 1.82) is 0 Å². The van der Waals surface area contributed by atoms with Crippen LogP contribution in [0.4, 0.5) is 0 Å². The summed E-state index contributed by atoms with van der Waals surface area (Å²) in [4.78, 5) is 4.82. The Bertz CT molecular complexity index is 501. The number of hydrogen-bond donors (Lipinski definition) is 1. The molecule has 1 N–H and O–H groups in total. The van der Waals surface area contributed by atoms with E-state index in [1.807, 2.05) is 6.21 Å². The fourth-order valence-corrected chi connectivity index (χ4v) is 4.13. The molecule has 0 aliphatic rings. The predicted molar refractivity (Wildman–Crippen MR) is 149 cm³/mol. The van der Waals surface area contributed by atoms with Gasteiger partial charge in [0.2, 0.25) is 0 Å². The zero-order chi connectivity index (χ0) is 25.7. The quantitative estimate of drug-likeness (QED) is 0.0853. The van der Waals surface area contributed by atoms with Crippen molar-refractivity contribution in [1.82, 2.24) is 0 Å². The van der Waals surface area contributed by atoms with Crippen molar-refractivity contribution >= 4 is 6.21 Å². The number of aliphatic hydroxyl groups is 1.